The molecule has 0 bridgehead atoms. The fraction of sp³-hybridized carbons (Fsp3) is 0.462. The molecular weight excluding hydrogens is 473 g/mol. The van der Waals surface area contributed by atoms with Crippen molar-refractivity contribution in [3.05, 3.63) is 59.5 Å². The van der Waals surface area contributed by atoms with Gasteiger partial charge in [0.15, 0.2) is 5.75 Å². The number of anilines is 2. The second-order valence-corrected chi connectivity index (χ2v) is 9.90. The van der Waals surface area contributed by atoms with Gasteiger partial charge in [0.25, 0.3) is 0 Å². The van der Waals surface area contributed by atoms with Crippen molar-refractivity contribution in [2.75, 3.05) is 18.5 Å². The highest BCUT2D eigenvalue weighted by Crippen LogP contribution is 2.41. The van der Waals surface area contributed by atoms with Gasteiger partial charge in [-0.05, 0) is 69.4 Å². The average Bonchev–Trinajstić information content (AvgIpc) is 3.59. The molecule has 7 nitrogen and oxygen atoms in total. The Morgan fingerprint density at radius 1 is 1.06 bits per heavy atom. The summed E-state index contributed by atoms with van der Waals surface area (Å²) in [5, 5.41) is 18.2. The zero-order chi connectivity index (χ0) is 25.5. The number of aliphatic hydroxyl groups is 1. The molecule has 1 aromatic carbocycles. The summed E-state index contributed by atoms with van der Waals surface area (Å²) in [6.07, 6.45) is 2.93. The lowest BCUT2D eigenvalue weighted by molar-refractivity contribution is -0.140. The van der Waals surface area contributed by atoms with Crippen LogP contribution in [0.5, 0.6) is 11.5 Å². The molecule has 5 rings (SSSR count). The van der Waals surface area contributed by atoms with Crippen molar-refractivity contribution in [1.29, 1.82) is 0 Å². The van der Waals surface area contributed by atoms with E-state index < -0.39 is 17.3 Å². The quantitative estimate of drug-likeness (QED) is 0.395. The standard InChI is InChI=1S/C26H29F3N4O3/c1-25(2,34)21-13-17(3-6-20(21)26(27,28)29)31-23-14-19(7-10-30-23)36-22-15-33(18-4-5-18)32-24(22)16-8-11-35-12-9-16/h3,6-7,10,13-16,18,34H,4-5,8-9,11-12H2,1-2H3,(H,30,31). The highest BCUT2D eigenvalue weighted by Gasteiger charge is 2.37. The minimum absolute atomic E-state index is 0.221. The summed E-state index contributed by atoms with van der Waals surface area (Å²) in [5.74, 6) is 1.90. The van der Waals surface area contributed by atoms with E-state index in [1.807, 2.05) is 10.9 Å². The van der Waals surface area contributed by atoms with Crippen LogP contribution in [0.4, 0.5) is 24.7 Å². The highest BCUT2D eigenvalue weighted by atomic mass is 19.4. The first-order valence-electron chi connectivity index (χ1n) is 12.1. The maximum absolute atomic E-state index is 13.4. The normalized spacial score (nSPS) is 17.3. The number of nitrogens with one attached hydrogen (secondary N) is 1. The van der Waals surface area contributed by atoms with Crippen LogP contribution in [0.2, 0.25) is 0 Å². The summed E-state index contributed by atoms with van der Waals surface area (Å²) in [6.45, 7) is 4.05. The van der Waals surface area contributed by atoms with Gasteiger partial charge in [-0.15, -0.1) is 0 Å². The topological polar surface area (TPSA) is 81.4 Å². The average molecular weight is 503 g/mol. The molecule has 0 amide bonds. The molecular formula is C26H29F3N4O3. The summed E-state index contributed by atoms with van der Waals surface area (Å²) in [6, 6.07) is 7.39. The molecule has 2 aromatic heterocycles. The van der Waals surface area contributed by atoms with Crippen molar-refractivity contribution in [3.8, 4) is 11.5 Å². The molecule has 3 aromatic rings. The van der Waals surface area contributed by atoms with Crippen LogP contribution in [0.15, 0.2) is 42.7 Å². The van der Waals surface area contributed by atoms with Gasteiger partial charge >= 0.3 is 6.18 Å². The van der Waals surface area contributed by atoms with Gasteiger partial charge in [0.1, 0.15) is 17.3 Å². The third-order valence-corrected chi connectivity index (χ3v) is 6.47. The maximum Gasteiger partial charge on any atom is 0.416 e. The van der Waals surface area contributed by atoms with E-state index in [1.165, 1.54) is 26.0 Å². The smallest absolute Gasteiger partial charge is 0.416 e. The van der Waals surface area contributed by atoms with Crippen molar-refractivity contribution in [2.24, 2.45) is 0 Å². The van der Waals surface area contributed by atoms with Crippen LogP contribution in [0.25, 0.3) is 0 Å². The van der Waals surface area contributed by atoms with Crippen LogP contribution in [-0.2, 0) is 16.5 Å². The molecule has 0 spiro atoms. The second-order valence-electron chi connectivity index (χ2n) is 9.90. The fourth-order valence-electron chi connectivity index (χ4n) is 4.44. The first kappa shape index (κ1) is 24.6. The molecule has 2 N–H and O–H groups in total. The molecule has 0 unspecified atom stereocenters. The Morgan fingerprint density at radius 2 is 1.81 bits per heavy atom. The molecule has 1 saturated heterocycles. The van der Waals surface area contributed by atoms with Crippen molar-refractivity contribution in [3.63, 3.8) is 0 Å². The maximum atomic E-state index is 13.4. The van der Waals surface area contributed by atoms with E-state index in [4.69, 9.17) is 14.6 Å². The molecule has 1 aliphatic heterocycles. The molecule has 1 saturated carbocycles. The SMILES string of the molecule is CC(C)(O)c1cc(Nc2cc(Oc3cn(C4CC4)nc3C3CCOCC3)ccn2)ccc1C(F)(F)F. The molecule has 10 heteroatoms. The molecule has 0 atom stereocenters. The van der Waals surface area contributed by atoms with Gasteiger partial charge in [0, 0.05) is 37.1 Å². The van der Waals surface area contributed by atoms with Crippen molar-refractivity contribution in [2.45, 2.75) is 63.3 Å². The number of rotatable bonds is 7. The van der Waals surface area contributed by atoms with Gasteiger partial charge < -0.3 is 19.9 Å². The van der Waals surface area contributed by atoms with Crippen LogP contribution >= 0.6 is 0 Å². The van der Waals surface area contributed by atoms with E-state index in [1.54, 1.807) is 18.3 Å². The van der Waals surface area contributed by atoms with E-state index in [0.717, 1.165) is 37.4 Å². The number of halogens is 3. The summed E-state index contributed by atoms with van der Waals surface area (Å²) < 4.78 is 54.1. The number of benzene rings is 1. The van der Waals surface area contributed by atoms with Gasteiger partial charge in [-0.1, -0.05) is 0 Å². The lowest BCUT2D eigenvalue weighted by atomic mass is 9.92. The number of nitrogens with zero attached hydrogens (tertiary/aromatic N) is 3. The van der Waals surface area contributed by atoms with Gasteiger partial charge in [-0.2, -0.15) is 18.3 Å². The Hall–Kier alpha value is -3.11. The Balaban J connectivity index is 1.39. The Morgan fingerprint density at radius 3 is 2.47 bits per heavy atom. The molecule has 2 aliphatic rings. The summed E-state index contributed by atoms with van der Waals surface area (Å²) in [4.78, 5) is 4.28. The monoisotopic (exact) mass is 502 g/mol. The first-order chi connectivity index (χ1) is 17.1. The third kappa shape index (κ3) is 5.49. The van der Waals surface area contributed by atoms with Crippen molar-refractivity contribution >= 4 is 11.5 Å². The van der Waals surface area contributed by atoms with Gasteiger partial charge in [0.2, 0.25) is 0 Å². The number of hydrogen-bond acceptors (Lipinski definition) is 6. The van der Waals surface area contributed by atoms with Crippen molar-refractivity contribution < 1.29 is 27.8 Å². The molecule has 0 radical (unpaired) electrons. The summed E-state index contributed by atoms with van der Waals surface area (Å²) >= 11 is 0. The molecule has 3 heterocycles. The zero-order valence-corrected chi connectivity index (χ0v) is 20.2. The highest BCUT2D eigenvalue weighted by molar-refractivity contribution is 5.60. The minimum atomic E-state index is -4.58. The van der Waals surface area contributed by atoms with Crippen LogP contribution < -0.4 is 10.1 Å². The van der Waals surface area contributed by atoms with Crippen LogP contribution in [0.3, 0.4) is 0 Å². The predicted octanol–water partition coefficient (Wildman–Crippen LogP) is 6.29. The summed E-state index contributed by atoms with van der Waals surface area (Å²) in [7, 11) is 0. The van der Waals surface area contributed by atoms with E-state index in [-0.39, 0.29) is 11.5 Å². The number of hydrogen-bond donors (Lipinski definition) is 2. The van der Waals surface area contributed by atoms with E-state index in [0.29, 0.717) is 42.3 Å². The minimum Gasteiger partial charge on any atom is -0.454 e. The van der Waals surface area contributed by atoms with E-state index in [9.17, 15) is 18.3 Å². The van der Waals surface area contributed by atoms with Crippen molar-refractivity contribution in [1.82, 2.24) is 14.8 Å². The zero-order valence-electron chi connectivity index (χ0n) is 20.2. The van der Waals surface area contributed by atoms with Gasteiger partial charge in [0.05, 0.1) is 23.4 Å². The Labute approximate surface area is 207 Å². The third-order valence-electron chi connectivity index (χ3n) is 6.47. The van der Waals surface area contributed by atoms with Crippen LogP contribution in [0.1, 0.15) is 68.3 Å². The van der Waals surface area contributed by atoms with E-state index >= 15 is 0 Å². The lowest BCUT2D eigenvalue weighted by Gasteiger charge is -2.24. The summed E-state index contributed by atoms with van der Waals surface area (Å²) in [5.41, 5.74) is -1.48. The molecule has 36 heavy (non-hydrogen) atoms. The van der Waals surface area contributed by atoms with Gasteiger partial charge in [-0.3, -0.25) is 4.68 Å². The molecule has 192 valence electrons. The Bertz CT molecular complexity index is 1230. The van der Waals surface area contributed by atoms with Gasteiger partial charge in [-0.25, -0.2) is 4.98 Å². The number of ether oxygens (including phenoxy) is 2. The fourth-order valence-corrected chi connectivity index (χ4v) is 4.44. The van der Waals surface area contributed by atoms with E-state index in [2.05, 4.69) is 10.3 Å². The predicted molar refractivity (Wildman–Crippen MR) is 128 cm³/mol. The molecule has 1 aliphatic carbocycles. The second kappa shape index (κ2) is 9.40. The molecule has 2 fully saturated rings. The Kier molecular flexibility index (Phi) is 6.42. The largest absolute Gasteiger partial charge is 0.454 e. The number of aromatic nitrogens is 3. The lowest BCUT2D eigenvalue weighted by Crippen LogP contribution is -2.22. The van der Waals surface area contributed by atoms with Crippen LogP contribution in [0, 0.1) is 0 Å². The number of pyridine rings is 1. The first-order valence-corrected chi connectivity index (χ1v) is 12.1. The number of alkyl halides is 3. The van der Waals surface area contributed by atoms with Crippen LogP contribution in [-0.4, -0.2) is 33.1 Å².